The number of carbonyl (C=O) groups is 1. The maximum Gasteiger partial charge on any atom is 0.236 e. The van der Waals surface area contributed by atoms with Gasteiger partial charge in [0.25, 0.3) is 0 Å². The van der Waals surface area contributed by atoms with Crippen molar-refractivity contribution in [2.75, 3.05) is 5.32 Å². The number of hydrogen-bond donors (Lipinski definition) is 1. The number of anilines is 1. The normalized spacial score (nSPS) is 26.4. The zero-order valence-corrected chi connectivity index (χ0v) is 10.2. The minimum Gasteiger partial charge on any atom is -0.325 e. The molecule has 0 unspecified atom stereocenters. The lowest BCUT2D eigenvalue weighted by Gasteiger charge is -2.12. The van der Waals surface area contributed by atoms with E-state index in [-0.39, 0.29) is 22.2 Å². The molecule has 0 aromatic heterocycles. The molecule has 1 aliphatic heterocycles. The minimum absolute atomic E-state index is 0.0245. The molecular formula is C14H17NO. The smallest absolute Gasteiger partial charge is 0.236 e. The topological polar surface area (TPSA) is 29.1 Å². The number of carbonyl (C=O) groups excluding carboxylic acids is 1. The highest BCUT2D eigenvalue weighted by atomic mass is 16.2. The summed E-state index contributed by atoms with van der Waals surface area (Å²) in [4.78, 5) is 12.3. The number of hydrogen-bond acceptors (Lipinski definition) is 1. The van der Waals surface area contributed by atoms with E-state index in [2.05, 4.69) is 39.1 Å². The molecule has 1 heterocycles. The van der Waals surface area contributed by atoms with Gasteiger partial charge in [0.05, 0.1) is 5.41 Å². The Morgan fingerprint density at radius 1 is 1.00 bits per heavy atom. The first-order valence-electron chi connectivity index (χ1n) is 5.78. The molecule has 1 fully saturated rings. The van der Waals surface area contributed by atoms with Gasteiger partial charge >= 0.3 is 0 Å². The van der Waals surface area contributed by atoms with Crippen molar-refractivity contribution >= 4 is 11.6 Å². The molecule has 3 rings (SSSR count). The monoisotopic (exact) mass is 215 g/mol. The number of amides is 1. The van der Waals surface area contributed by atoms with Gasteiger partial charge in [-0.2, -0.15) is 0 Å². The first-order chi connectivity index (χ1) is 7.37. The molecule has 2 aliphatic rings. The van der Waals surface area contributed by atoms with Crippen LogP contribution in [0.4, 0.5) is 5.69 Å². The lowest BCUT2D eigenvalue weighted by molar-refractivity contribution is -0.119. The Bertz CT molecular complexity index is 485. The van der Waals surface area contributed by atoms with Gasteiger partial charge in [0.2, 0.25) is 5.91 Å². The van der Waals surface area contributed by atoms with E-state index < -0.39 is 0 Å². The molecule has 1 N–H and O–H groups in total. The van der Waals surface area contributed by atoms with Crippen LogP contribution in [0.2, 0.25) is 0 Å². The molecule has 1 aromatic carbocycles. The van der Waals surface area contributed by atoms with Crippen LogP contribution in [0.3, 0.4) is 0 Å². The maximum atomic E-state index is 12.3. The fourth-order valence-electron chi connectivity index (χ4n) is 3.81. The number of benzene rings is 1. The molecule has 0 radical (unpaired) electrons. The molecular weight excluding hydrogens is 198 g/mol. The van der Waals surface area contributed by atoms with Gasteiger partial charge in [0.1, 0.15) is 0 Å². The van der Waals surface area contributed by atoms with Gasteiger partial charge in [-0.25, -0.2) is 0 Å². The Morgan fingerprint density at radius 3 is 2.12 bits per heavy atom. The summed E-state index contributed by atoms with van der Waals surface area (Å²) in [5.74, 6) is 0.170. The van der Waals surface area contributed by atoms with Crippen molar-refractivity contribution in [3.05, 3.63) is 29.8 Å². The molecule has 2 heteroatoms. The summed E-state index contributed by atoms with van der Waals surface area (Å²) in [6, 6.07) is 8.07. The zero-order valence-electron chi connectivity index (χ0n) is 10.2. The Balaban J connectivity index is 2.30. The SMILES string of the molecule is CC1(C)C(C)(C)C12C(=O)Nc1ccccc12. The van der Waals surface area contributed by atoms with E-state index in [1.54, 1.807) is 0 Å². The summed E-state index contributed by atoms with van der Waals surface area (Å²) in [6.45, 7) is 8.76. The van der Waals surface area contributed by atoms with E-state index in [1.165, 1.54) is 5.56 Å². The third-order valence-electron chi connectivity index (χ3n) is 5.29. The van der Waals surface area contributed by atoms with Gasteiger partial charge < -0.3 is 5.32 Å². The second kappa shape index (κ2) is 2.34. The summed E-state index contributed by atoms with van der Waals surface area (Å²) in [6.07, 6.45) is 0. The van der Waals surface area contributed by atoms with E-state index in [1.807, 2.05) is 18.2 Å². The first kappa shape index (κ1) is 9.88. The van der Waals surface area contributed by atoms with Gasteiger partial charge in [-0.3, -0.25) is 4.79 Å². The quantitative estimate of drug-likeness (QED) is 0.708. The van der Waals surface area contributed by atoms with Crippen LogP contribution in [0.1, 0.15) is 33.3 Å². The third kappa shape index (κ3) is 0.675. The van der Waals surface area contributed by atoms with E-state index in [0.717, 1.165) is 5.69 Å². The Kier molecular flexibility index (Phi) is 1.45. The second-order valence-electron chi connectivity index (χ2n) is 6.00. The number of fused-ring (bicyclic) bond motifs is 2. The molecule has 2 nitrogen and oxygen atoms in total. The minimum atomic E-state index is -0.323. The molecule has 0 saturated heterocycles. The van der Waals surface area contributed by atoms with E-state index in [4.69, 9.17) is 0 Å². The van der Waals surface area contributed by atoms with Gasteiger partial charge in [-0.05, 0) is 22.5 Å². The third-order valence-corrected chi connectivity index (χ3v) is 5.29. The van der Waals surface area contributed by atoms with Crippen molar-refractivity contribution in [1.82, 2.24) is 0 Å². The van der Waals surface area contributed by atoms with Gasteiger partial charge in [0.15, 0.2) is 0 Å². The van der Waals surface area contributed by atoms with Crippen LogP contribution in [0, 0.1) is 10.8 Å². The molecule has 1 amide bonds. The van der Waals surface area contributed by atoms with Gasteiger partial charge in [-0.1, -0.05) is 45.9 Å². The molecule has 1 saturated carbocycles. The largest absolute Gasteiger partial charge is 0.325 e. The Hall–Kier alpha value is -1.31. The van der Waals surface area contributed by atoms with Crippen LogP contribution >= 0.6 is 0 Å². The second-order valence-corrected chi connectivity index (χ2v) is 6.00. The molecule has 16 heavy (non-hydrogen) atoms. The summed E-state index contributed by atoms with van der Waals surface area (Å²) in [5.41, 5.74) is 1.89. The molecule has 0 bridgehead atoms. The summed E-state index contributed by atoms with van der Waals surface area (Å²) < 4.78 is 0. The Labute approximate surface area is 96.1 Å². The average molecular weight is 215 g/mol. The highest BCUT2D eigenvalue weighted by Gasteiger charge is 2.83. The van der Waals surface area contributed by atoms with Crippen molar-refractivity contribution in [3.8, 4) is 0 Å². The summed E-state index contributed by atoms with van der Waals surface area (Å²) >= 11 is 0. The van der Waals surface area contributed by atoms with Gasteiger partial charge in [-0.15, -0.1) is 0 Å². The fraction of sp³-hybridized carbons (Fsp3) is 0.500. The van der Waals surface area contributed by atoms with Crippen molar-refractivity contribution in [2.24, 2.45) is 10.8 Å². The van der Waals surface area contributed by atoms with Crippen molar-refractivity contribution in [1.29, 1.82) is 0 Å². The van der Waals surface area contributed by atoms with Crippen molar-refractivity contribution in [2.45, 2.75) is 33.1 Å². The highest BCUT2D eigenvalue weighted by Crippen LogP contribution is 2.80. The van der Waals surface area contributed by atoms with E-state index in [0.29, 0.717) is 0 Å². The lowest BCUT2D eigenvalue weighted by atomic mass is 9.87. The number of rotatable bonds is 0. The van der Waals surface area contributed by atoms with Crippen LogP contribution in [-0.2, 0) is 10.2 Å². The van der Waals surface area contributed by atoms with Crippen LogP contribution in [0.25, 0.3) is 0 Å². The maximum absolute atomic E-state index is 12.3. The molecule has 1 aliphatic carbocycles. The number of para-hydroxylation sites is 1. The lowest BCUT2D eigenvalue weighted by Crippen LogP contribution is -2.26. The van der Waals surface area contributed by atoms with Crippen LogP contribution < -0.4 is 5.32 Å². The van der Waals surface area contributed by atoms with Crippen LogP contribution in [-0.4, -0.2) is 5.91 Å². The van der Waals surface area contributed by atoms with E-state index in [9.17, 15) is 4.79 Å². The highest BCUT2D eigenvalue weighted by molar-refractivity contribution is 6.10. The summed E-state index contributed by atoms with van der Waals surface area (Å²) in [7, 11) is 0. The zero-order chi connectivity index (χ0) is 11.8. The van der Waals surface area contributed by atoms with Crippen LogP contribution in [0.5, 0.6) is 0 Å². The van der Waals surface area contributed by atoms with E-state index >= 15 is 0 Å². The van der Waals surface area contributed by atoms with Crippen molar-refractivity contribution in [3.63, 3.8) is 0 Å². The molecule has 1 spiro atoms. The predicted molar refractivity (Wildman–Crippen MR) is 64.3 cm³/mol. The van der Waals surface area contributed by atoms with Crippen molar-refractivity contribution < 1.29 is 4.79 Å². The Morgan fingerprint density at radius 2 is 1.56 bits per heavy atom. The predicted octanol–water partition coefficient (Wildman–Crippen LogP) is 2.94. The standard InChI is InChI=1S/C14H17NO/c1-12(2)13(3,4)14(12)9-7-5-6-8-10(9)15-11(14)16/h5-8H,1-4H3,(H,15,16). The average Bonchev–Trinajstić information content (AvgIpc) is 2.49. The molecule has 1 aromatic rings. The summed E-state index contributed by atoms with van der Waals surface area (Å²) in [5, 5.41) is 3.02. The molecule has 0 atom stereocenters. The first-order valence-corrected chi connectivity index (χ1v) is 5.78. The fourth-order valence-corrected chi connectivity index (χ4v) is 3.81. The molecule has 84 valence electrons. The van der Waals surface area contributed by atoms with Gasteiger partial charge in [0, 0.05) is 5.69 Å². The van der Waals surface area contributed by atoms with Crippen LogP contribution in [0.15, 0.2) is 24.3 Å². The number of nitrogens with one attached hydrogen (secondary N) is 1.